The van der Waals surface area contributed by atoms with Crippen molar-refractivity contribution in [2.75, 3.05) is 0 Å². The summed E-state index contributed by atoms with van der Waals surface area (Å²) in [5, 5.41) is 13.5. The zero-order valence-electron chi connectivity index (χ0n) is 22.1. The van der Waals surface area contributed by atoms with Crippen molar-refractivity contribution in [2.45, 2.75) is 113 Å². The number of oxime groups is 1. The maximum absolute atomic E-state index is 9.74. The molecule has 5 aliphatic carbocycles. The molecule has 32 heavy (non-hydrogen) atoms. The van der Waals surface area contributed by atoms with E-state index in [1.165, 1.54) is 63.4 Å². The van der Waals surface area contributed by atoms with Gasteiger partial charge in [-0.25, -0.2) is 0 Å². The molecular formula is C30H49NO. The SMILES string of the molecule is C=C(C)[C@@H]1CC[C@]2(C)CC[C@]3(C)[C@H](CC[C@@H]4[C@@]5(C)CC/C(=N/O)C(C)(C)[C@H]5CC[C@]43C)[C@H]12. The quantitative estimate of drug-likeness (QED) is 0.248. The van der Waals surface area contributed by atoms with Crippen molar-refractivity contribution in [3.63, 3.8) is 0 Å². The van der Waals surface area contributed by atoms with Crippen LogP contribution in [0.4, 0.5) is 0 Å². The van der Waals surface area contributed by atoms with Crippen LogP contribution in [0.5, 0.6) is 0 Å². The molecular weight excluding hydrogens is 390 g/mol. The summed E-state index contributed by atoms with van der Waals surface area (Å²) >= 11 is 0. The van der Waals surface area contributed by atoms with Crippen molar-refractivity contribution in [3.8, 4) is 0 Å². The van der Waals surface area contributed by atoms with Gasteiger partial charge in [0.25, 0.3) is 0 Å². The highest BCUT2D eigenvalue weighted by molar-refractivity contribution is 5.90. The van der Waals surface area contributed by atoms with Crippen molar-refractivity contribution in [2.24, 2.45) is 61.8 Å². The third-order valence-electron chi connectivity index (χ3n) is 13.4. The Labute approximate surface area is 197 Å². The largest absolute Gasteiger partial charge is 0.411 e. The van der Waals surface area contributed by atoms with Crippen LogP contribution in [0.3, 0.4) is 0 Å². The molecule has 0 bridgehead atoms. The van der Waals surface area contributed by atoms with E-state index in [1.807, 2.05) is 0 Å². The summed E-state index contributed by atoms with van der Waals surface area (Å²) in [6.45, 7) is 22.2. The molecule has 5 aliphatic rings. The second-order valence-corrected chi connectivity index (χ2v) is 14.6. The summed E-state index contributed by atoms with van der Waals surface area (Å²) in [5.74, 6) is 3.88. The Morgan fingerprint density at radius 3 is 2.22 bits per heavy atom. The van der Waals surface area contributed by atoms with Gasteiger partial charge in [-0.15, -0.1) is 0 Å². The van der Waals surface area contributed by atoms with Crippen LogP contribution in [0.25, 0.3) is 0 Å². The van der Waals surface area contributed by atoms with Crippen molar-refractivity contribution in [3.05, 3.63) is 12.2 Å². The molecule has 0 aromatic carbocycles. The van der Waals surface area contributed by atoms with Crippen LogP contribution in [0.1, 0.15) is 113 Å². The molecule has 0 radical (unpaired) electrons. The number of nitrogens with zero attached hydrogens (tertiary/aromatic N) is 1. The molecule has 0 unspecified atom stereocenters. The first kappa shape index (κ1) is 23.0. The smallest absolute Gasteiger partial charge is 0.0630 e. The molecule has 0 saturated heterocycles. The molecule has 5 saturated carbocycles. The van der Waals surface area contributed by atoms with E-state index in [2.05, 4.69) is 60.2 Å². The van der Waals surface area contributed by atoms with E-state index in [9.17, 15) is 5.21 Å². The molecule has 0 spiro atoms. The van der Waals surface area contributed by atoms with Crippen LogP contribution in [0.15, 0.2) is 17.3 Å². The van der Waals surface area contributed by atoms with Crippen LogP contribution in [-0.2, 0) is 0 Å². The average Bonchev–Trinajstić information content (AvgIpc) is 3.06. The summed E-state index contributed by atoms with van der Waals surface area (Å²) in [6, 6.07) is 0. The average molecular weight is 440 g/mol. The van der Waals surface area contributed by atoms with E-state index in [0.717, 1.165) is 35.8 Å². The van der Waals surface area contributed by atoms with Gasteiger partial charge < -0.3 is 5.21 Å². The maximum Gasteiger partial charge on any atom is 0.0630 e. The number of allylic oxidation sites excluding steroid dienone is 1. The number of hydrogen-bond acceptors (Lipinski definition) is 2. The van der Waals surface area contributed by atoms with Crippen molar-refractivity contribution in [1.82, 2.24) is 0 Å². The van der Waals surface area contributed by atoms with E-state index < -0.39 is 0 Å². The second kappa shape index (κ2) is 6.88. The molecule has 5 fully saturated rings. The van der Waals surface area contributed by atoms with Gasteiger partial charge in [-0.05, 0) is 122 Å². The van der Waals surface area contributed by atoms with Gasteiger partial charge in [-0.1, -0.05) is 58.9 Å². The minimum Gasteiger partial charge on any atom is -0.411 e. The van der Waals surface area contributed by atoms with E-state index >= 15 is 0 Å². The fraction of sp³-hybridized carbons (Fsp3) is 0.900. The molecule has 0 aromatic heterocycles. The number of rotatable bonds is 1. The standard InChI is InChI=1S/C30H49NO/c1-19(2)20-11-14-27(5)17-18-29(7)21(25(20)27)9-10-23-28(6)15-13-24(31-32)26(3,4)22(28)12-16-30(23,29)8/h20-23,25,32H,1,9-18H2,2-8H3/b31-24-/t20-,21+,22+,23+,25-,27+,28-,29+,30+/m0/s1. The Hall–Kier alpha value is -0.790. The second-order valence-electron chi connectivity index (χ2n) is 14.6. The molecule has 9 atom stereocenters. The van der Waals surface area contributed by atoms with Gasteiger partial charge in [0.05, 0.1) is 5.71 Å². The summed E-state index contributed by atoms with van der Waals surface area (Å²) in [6.07, 6.45) is 13.3. The topological polar surface area (TPSA) is 32.6 Å². The normalized spacial score (nSPS) is 55.5. The molecule has 2 nitrogen and oxygen atoms in total. The van der Waals surface area contributed by atoms with Gasteiger partial charge >= 0.3 is 0 Å². The third-order valence-corrected chi connectivity index (χ3v) is 13.4. The van der Waals surface area contributed by atoms with E-state index in [4.69, 9.17) is 0 Å². The Morgan fingerprint density at radius 1 is 0.844 bits per heavy atom. The van der Waals surface area contributed by atoms with Gasteiger partial charge in [-0.3, -0.25) is 0 Å². The van der Waals surface area contributed by atoms with Crippen molar-refractivity contribution < 1.29 is 5.21 Å². The highest BCUT2D eigenvalue weighted by atomic mass is 16.4. The first-order valence-corrected chi connectivity index (χ1v) is 13.7. The van der Waals surface area contributed by atoms with E-state index in [-0.39, 0.29) is 5.41 Å². The summed E-state index contributed by atoms with van der Waals surface area (Å²) in [7, 11) is 0. The minimum absolute atomic E-state index is 0.0163. The zero-order chi connectivity index (χ0) is 23.3. The van der Waals surface area contributed by atoms with Gasteiger partial charge in [0.2, 0.25) is 0 Å². The molecule has 0 aliphatic heterocycles. The highest BCUT2D eigenvalue weighted by Crippen LogP contribution is 2.77. The molecule has 5 rings (SSSR count). The minimum atomic E-state index is 0.0163. The van der Waals surface area contributed by atoms with Crippen LogP contribution in [0.2, 0.25) is 0 Å². The fourth-order valence-electron chi connectivity index (χ4n) is 11.5. The lowest BCUT2D eigenvalue weighted by molar-refractivity contribution is -0.226. The van der Waals surface area contributed by atoms with Gasteiger partial charge in [0.1, 0.15) is 0 Å². The zero-order valence-corrected chi connectivity index (χ0v) is 22.1. The Bertz CT molecular complexity index is 842. The third kappa shape index (κ3) is 2.62. The summed E-state index contributed by atoms with van der Waals surface area (Å²) in [4.78, 5) is 0. The lowest BCUT2D eigenvalue weighted by atomic mass is 9.32. The Kier molecular flexibility index (Phi) is 4.94. The lowest BCUT2D eigenvalue weighted by Crippen LogP contribution is -2.66. The van der Waals surface area contributed by atoms with Crippen LogP contribution < -0.4 is 0 Å². The Morgan fingerprint density at radius 2 is 1.56 bits per heavy atom. The monoisotopic (exact) mass is 439 g/mol. The van der Waals surface area contributed by atoms with Gasteiger partial charge in [0.15, 0.2) is 0 Å². The Balaban J connectivity index is 1.54. The molecule has 1 N–H and O–H groups in total. The maximum atomic E-state index is 9.74. The molecule has 2 heteroatoms. The van der Waals surface area contributed by atoms with Gasteiger partial charge in [0, 0.05) is 5.41 Å². The number of hydrogen-bond donors (Lipinski definition) is 1. The molecule has 0 aromatic rings. The summed E-state index contributed by atoms with van der Waals surface area (Å²) < 4.78 is 0. The summed E-state index contributed by atoms with van der Waals surface area (Å²) in [5.41, 5.74) is 4.29. The predicted molar refractivity (Wildman–Crippen MR) is 134 cm³/mol. The number of fused-ring (bicyclic) bond motifs is 7. The van der Waals surface area contributed by atoms with Crippen molar-refractivity contribution in [1.29, 1.82) is 0 Å². The molecule has 0 heterocycles. The highest BCUT2D eigenvalue weighted by Gasteiger charge is 2.70. The molecule has 180 valence electrons. The first-order valence-electron chi connectivity index (χ1n) is 13.7. The predicted octanol–water partition coefficient (Wildman–Crippen LogP) is 8.49. The van der Waals surface area contributed by atoms with E-state index in [1.54, 1.807) is 0 Å². The van der Waals surface area contributed by atoms with Crippen molar-refractivity contribution >= 4 is 5.71 Å². The molecule has 0 amide bonds. The first-order chi connectivity index (χ1) is 14.8. The van der Waals surface area contributed by atoms with Crippen LogP contribution in [0, 0.1) is 56.7 Å². The van der Waals surface area contributed by atoms with Gasteiger partial charge in [-0.2, -0.15) is 0 Å². The van der Waals surface area contributed by atoms with Crippen LogP contribution in [-0.4, -0.2) is 10.9 Å². The lowest BCUT2D eigenvalue weighted by Gasteiger charge is -2.72. The van der Waals surface area contributed by atoms with Crippen LogP contribution >= 0.6 is 0 Å². The van der Waals surface area contributed by atoms with E-state index in [0.29, 0.717) is 27.6 Å². The fourth-order valence-corrected chi connectivity index (χ4v) is 11.5.